The second-order valence-electron chi connectivity index (χ2n) is 8.83. The maximum atomic E-state index is 13.1. The van der Waals surface area contributed by atoms with Crippen molar-refractivity contribution in [1.82, 2.24) is 4.90 Å². The summed E-state index contributed by atoms with van der Waals surface area (Å²) in [4.78, 5) is 27.8. The first-order valence-corrected chi connectivity index (χ1v) is 9.41. The molecule has 25 heavy (non-hydrogen) atoms. The second-order valence-corrected chi connectivity index (χ2v) is 8.83. The van der Waals surface area contributed by atoms with Gasteiger partial charge in [-0.05, 0) is 74.3 Å². The summed E-state index contributed by atoms with van der Waals surface area (Å²) in [7, 11) is 0. The van der Waals surface area contributed by atoms with Crippen LogP contribution in [0.1, 0.15) is 72.1 Å². The highest BCUT2D eigenvalue weighted by atomic mass is 16.2. The molecule has 4 saturated carbocycles. The SMILES string of the molecule is N#CCCC12CC3CC(C1)CC(N1C(=O)c4ccccc4C1=O)(C3)C2. The zero-order chi connectivity index (χ0) is 17.2. The molecule has 4 fully saturated rings. The Morgan fingerprint density at radius 3 is 2.20 bits per heavy atom. The van der Waals surface area contributed by atoms with Gasteiger partial charge in [0, 0.05) is 6.42 Å². The minimum absolute atomic E-state index is 0.0991. The van der Waals surface area contributed by atoms with Crippen molar-refractivity contribution in [3.8, 4) is 6.07 Å². The molecule has 2 amide bonds. The number of benzene rings is 1. The highest BCUT2D eigenvalue weighted by Gasteiger charge is 2.62. The van der Waals surface area contributed by atoms with Crippen LogP contribution in [0.3, 0.4) is 0 Å². The van der Waals surface area contributed by atoms with Crippen LogP contribution in [0.25, 0.3) is 0 Å². The maximum Gasteiger partial charge on any atom is 0.262 e. The summed E-state index contributed by atoms with van der Waals surface area (Å²) in [6.45, 7) is 0. The summed E-state index contributed by atoms with van der Waals surface area (Å²) in [5, 5.41) is 9.08. The molecular weight excluding hydrogens is 312 g/mol. The van der Waals surface area contributed by atoms with Crippen LogP contribution in [-0.2, 0) is 0 Å². The molecule has 1 aromatic rings. The summed E-state index contributed by atoms with van der Waals surface area (Å²) in [6.07, 6.45) is 7.91. The molecule has 0 radical (unpaired) electrons. The molecule has 0 spiro atoms. The molecule has 1 aromatic carbocycles. The molecule has 5 aliphatic rings. The van der Waals surface area contributed by atoms with E-state index in [0.717, 1.165) is 25.7 Å². The Bertz CT molecular complexity index is 772. The molecule has 1 heterocycles. The standard InChI is InChI=1S/C21H22N2O2/c22-7-3-6-20-9-14-8-15(10-20)12-21(11-14,13-20)23-18(24)16-4-1-2-5-17(16)19(23)25/h1-2,4-5,14-15H,3,6,8-13H2. The number of nitriles is 1. The van der Waals surface area contributed by atoms with Gasteiger partial charge in [0.25, 0.3) is 11.8 Å². The van der Waals surface area contributed by atoms with E-state index < -0.39 is 0 Å². The molecule has 4 aliphatic carbocycles. The van der Waals surface area contributed by atoms with Crippen LogP contribution in [0.4, 0.5) is 0 Å². The van der Waals surface area contributed by atoms with Crippen molar-refractivity contribution in [3.05, 3.63) is 35.4 Å². The lowest BCUT2D eigenvalue weighted by Crippen LogP contribution is -2.64. The molecule has 4 heteroatoms. The van der Waals surface area contributed by atoms with Gasteiger partial charge in [0.1, 0.15) is 0 Å². The zero-order valence-corrected chi connectivity index (χ0v) is 14.3. The average Bonchev–Trinajstić information content (AvgIpc) is 2.84. The summed E-state index contributed by atoms with van der Waals surface area (Å²) in [5.41, 5.74) is 0.977. The topological polar surface area (TPSA) is 61.2 Å². The van der Waals surface area contributed by atoms with Crippen LogP contribution >= 0.6 is 0 Å². The fourth-order valence-corrected chi connectivity index (χ4v) is 6.90. The van der Waals surface area contributed by atoms with Gasteiger partial charge in [-0.3, -0.25) is 14.5 Å². The Morgan fingerprint density at radius 1 is 1.04 bits per heavy atom. The van der Waals surface area contributed by atoms with Crippen molar-refractivity contribution < 1.29 is 9.59 Å². The van der Waals surface area contributed by atoms with Crippen molar-refractivity contribution in [2.24, 2.45) is 17.3 Å². The van der Waals surface area contributed by atoms with Crippen LogP contribution in [0.5, 0.6) is 0 Å². The number of hydrogen-bond donors (Lipinski definition) is 0. The van der Waals surface area contributed by atoms with E-state index in [1.165, 1.54) is 19.3 Å². The monoisotopic (exact) mass is 334 g/mol. The number of hydrogen-bond acceptors (Lipinski definition) is 3. The largest absolute Gasteiger partial charge is 0.269 e. The fraction of sp³-hybridized carbons (Fsp3) is 0.571. The molecular formula is C21H22N2O2. The Balaban J connectivity index is 1.55. The van der Waals surface area contributed by atoms with E-state index >= 15 is 0 Å². The molecule has 4 bridgehead atoms. The maximum absolute atomic E-state index is 13.1. The summed E-state index contributed by atoms with van der Waals surface area (Å²) in [6, 6.07) is 9.54. The first-order valence-electron chi connectivity index (χ1n) is 9.41. The smallest absolute Gasteiger partial charge is 0.262 e. The number of nitrogens with zero attached hydrogens (tertiary/aromatic N) is 2. The second kappa shape index (κ2) is 4.94. The van der Waals surface area contributed by atoms with E-state index in [1.807, 2.05) is 12.1 Å². The van der Waals surface area contributed by atoms with Gasteiger partial charge in [-0.15, -0.1) is 0 Å². The molecule has 2 atom stereocenters. The molecule has 0 saturated heterocycles. The minimum atomic E-state index is -0.313. The van der Waals surface area contributed by atoms with Crippen molar-refractivity contribution in [2.45, 2.75) is 56.9 Å². The van der Waals surface area contributed by atoms with Gasteiger partial charge in [-0.2, -0.15) is 5.26 Å². The van der Waals surface area contributed by atoms with Gasteiger partial charge < -0.3 is 0 Å². The molecule has 6 rings (SSSR count). The predicted molar refractivity (Wildman–Crippen MR) is 91.6 cm³/mol. The van der Waals surface area contributed by atoms with E-state index in [9.17, 15) is 9.59 Å². The van der Waals surface area contributed by atoms with Gasteiger partial charge in [0.05, 0.1) is 22.7 Å². The van der Waals surface area contributed by atoms with Crippen molar-refractivity contribution in [1.29, 1.82) is 5.26 Å². The van der Waals surface area contributed by atoms with Crippen LogP contribution in [-0.4, -0.2) is 22.3 Å². The van der Waals surface area contributed by atoms with Crippen LogP contribution < -0.4 is 0 Å². The third kappa shape index (κ3) is 1.99. The molecule has 4 nitrogen and oxygen atoms in total. The van der Waals surface area contributed by atoms with Gasteiger partial charge >= 0.3 is 0 Å². The number of rotatable bonds is 3. The molecule has 1 aliphatic heterocycles. The minimum Gasteiger partial charge on any atom is -0.269 e. The van der Waals surface area contributed by atoms with E-state index in [1.54, 1.807) is 17.0 Å². The van der Waals surface area contributed by atoms with E-state index in [2.05, 4.69) is 6.07 Å². The van der Waals surface area contributed by atoms with E-state index in [4.69, 9.17) is 5.26 Å². The van der Waals surface area contributed by atoms with Crippen molar-refractivity contribution in [2.75, 3.05) is 0 Å². The Morgan fingerprint density at radius 2 is 1.64 bits per heavy atom. The summed E-state index contributed by atoms with van der Waals surface area (Å²) >= 11 is 0. The highest BCUT2D eigenvalue weighted by Crippen LogP contribution is 2.65. The van der Waals surface area contributed by atoms with Crippen molar-refractivity contribution >= 4 is 11.8 Å². The van der Waals surface area contributed by atoms with Gasteiger partial charge in [-0.25, -0.2) is 0 Å². The zero-order valence-electron chi connectivity index (χ0n) is 14.3. The molecule has 0 N–H and O–H groups in total. The van der Waals surface area contributed by atoms with Gasteiger partial charge in [0.2, 0.25) is 0 Å². The van der Waals surface area contributed by atoms with Crippen LogP contribution in [0.15, 0.2) is 24.3 Å². The number of imide groups is 1. The highest BCUT2D eigenvalue weighted by molar-refractivity contribution is 6.21. The number of fused-ring (bicyclic) bond motifs is 1. The van der Waals surface area contributed by atoms with Gasteiger partial charge in [0.15, 0.2) is 0 Å². The lowest BCUT2D eigenvalue weighted by atomic mass is 9.45. The number of carbonyl (C=O) groups is 2. The quantitative estimate of drug-likeness (QED) is 0.787. The first-order chi connectivity index (χ1) is 12.1. The average molecular weight is 334 g/mol. The lowest BCUT2D eigenvalue weighted by Gasteiger charge is -2.64. The van der Waals surface area contributed by atoms with Crippen molar-refractivity contribution in [3.63, 3.8) is 0 Å². The number of carbonyl (C=O) groups excluding carboxylic acids is 2. The summed E-state index contributed by atoms with van der Waals surface area (Å²) in [5.74, 6) is 1.00. The molecule has 0 aromatic heterocycles. The molecule has 2 unspecified atom stereocenters. The van der Waals surface area contributed by atoms with Gasteiger partial charge in [-0.1, -0.05) is 12.1 Å². The van der Waals surface area contributed by atoms with E-state index in [-0.39, 0.29) is 22.8 Å². The lowest BCUT2D eigenvalue weighted by molar-refractivity contribution is -0.112. The Hall–Kier alpha value is -2.15. The first kappa shape index (κ1) is 15.1. The summed E-state index contributed by atoms with van der Waals surface area (Å²) < 4.78 is 0. The third-order valence-corrected chi connectivity index (χ3v) is 7.19. The Labute approximate surface area is 147 Å². The Kier molecular flexibility index (Phi) is 2.99. The third-order valence-electron chi connectivity index (χ3n) is 7.19. The molecule has 128 valence electrons. The fourth-order valence-electron chi connectivity index (χ4n) is 6.90. The van der Waals surface area contributed by atoms with Crippen LogP contribution in [0, 0.1) is 28.6 Å². The van der Waals surface area contributed by atoms with E-state index in [0.29, 0.717) is 29.4 Å². The normalized spacial score (nSPS) is 38.1. The van der Waals surface area contributed by atoms with Crippen LogP contribution in [0.2, 0.25) is 0 Å². The predicted octanol–water partition coefficient (Wildman–Crippen LogP) is 3.93. The number of amides is 2.